The molecular weight excluding hydrogens is 661 g/mol. The van der Waals surface area contributed by atoms with Crippen molar-refractivity contribution in [3.05, 3.63) is 130 Å². The molecule has 0 spiro atoms. The second kappa shape index (κ2) is 12.0. The van der Waals surface area contributed by atoms with Crippen LogP contribution in [-0.2, 0) is 20.2 Å². The Balaban J connectivity index is 1.19. The smallest absolute Gasteiger partial charge is 0.426 e. The molecule has 48 heavy (non-hydrogen) atoms. The number of fused-ring (bicyclic) bond motifs is 2. The van der Waals surface area contributed by atoms with Crippen LogP contribution in [0.3, 0.4) is 0 Å². The molecule has 0 aliphatic rings. The SMILES string of the molecule is N#[N+]c1cc(S(=O)(=O)Oc2ccc(C(=O)c3ccc(OS(=O)(=O)c4cccc5c(O)c([N+]#N)ccc45)cc3)cc2)c2cccc(O)c2c1. The highest BCUT2D eigenvalue weighted by atomic mass is 32.2. The minimum absolute atomic E-state index is 0.0948. The second-order valence-electron chi connectivity index (χ2n) is 10.3. The number of carbonyl (C=O) groups excluding carboxylic acids is 1. The van der Waals surface area contributed by atoms with Crippen LogP contribution in [0.2, 0.25) is 0 Å². The van der Waals surface area contributed by atoms with Gasteiger partial charge in [0.1, 0.15) is 27.0 Å². The van der Waals surface area contributed by atoms with Crippen LogP contribution in [0.4, 0.5) is 11.4 Å². The molecule has 2 N–H and O–H groups in total. The molecule has 0 heterocycles. The lowest BCUT2D eigenvalue weighted by Crippen LogP contribution is -2.11. The number of benzene rings is 6. The molecule has 0 fully saturated rings. The zero-order valence-electron chi connectivity index (χ0n) is 24.2. The number of hydrogen-bond acceptors (Lipinski definition) is 11. The fraction of sp³-hybridized carbons (Fsp3) is 0. The fourth-order valence-corrected chi connectivity index (χ4v) is 7.33. The molecule has 6 aromatic rings. The summed E-state index contributed by atoms with van der Waals surface area (Å²) in [6.07, 6.45) is 0. The molecule has 0 unspecified atom stereocenters. The minimum atomic E-state index is -4.49. The molecule has 6 rings (SSSR count). The van der Waals surface area contributed by atoms with Gasteiger partial charge in [-0.15, -0.1) is 0 Å². The third-order valence-electron chi connectivity index (χ3n) is 7.30. The number of carbonyl (C=O) groups is 1. The molecule has 0 amide bonds. The van der Waals surface area contributed by atoms with Gasteiger partial charge in [0.2, 0.25) is 16.5 Å². The predicted octanol–water partition coefficient (Wildman–Crippen LogP) is 7.14. The minimum Gasteiger partial charge on any atom is -0.507 e. The van der Waals surface area contributed by atoms with Crippen molar-refractivity contribution in [2.75, 3.05) is 0 Å². The lowest BCUT2D eigenvalue weighted by atomic mass is 10.0. The quantitative estimate of drug-likeness (QED) is 0.0940. The Morgan fingerprint density at radius 3 is 1.71 bits per heavy atom. The van der Waals surface area contributed by atoms with Gasteiger partial charge in [-0.3, -0.25) is 4.79 Å². The van der Waals surface area contributed by atoms with E-state index in [0.29, 0.717) is 0 Å². The van der Waals surface area contributed by atoms with Crippen LogP contribution < -0.4 is 8.37 Å². The normalized spacial score (nSPS) is 11.5. The number of diazo groups is 2. The maximum absolute atomic E-state index is 13.2. The van der Waals surface area contributed by atoms with Gasteiger partial charge >= 0.3 is 31.6 Å². The van der Waals surface area contributed by atoms with E-state index >= 15 is 0 Å². The molecule has 6 aromatic carbocycles. The molecule has 0 bridgehead atoms. The Labute approximate surface area is 272 Å². The number of rotatable bonds is 8. The van der Waals surface area contributed by atoms with Gasteiger partial charge in [-0.25, -0.2) is 0 Å². The van der Waals surface area contributed by atoms with Crippen LogP contribution >= 0.6 is 0 Å². The highest BCUT2D eigenvalue weighted by Crippen LogP contribution is 2.38. The summed E-state index contributed by atoms with van der Waals surface area (Å²) in [6, 6.07) is 23.9. The van der Waals surface area contributed by atoms with Crippen LogP contribution in [-0.4, -0.2) is 32.8 Å². The third-order valence-corrected chi connectivity index (χ3v) is 9.89. The maximum Gasteiger partial charge on any atom is 0.426 e. The van der Waals surface area contributed by atoms with Gasteiger partial charge in [0.25, 0.3) is 0 Å². The standard InChI is InChI=1S/C33H18N4O9S2/c34-36-21-17-27-24(3-1-5-29(27)38)31(18-21)48(43,44)46-23-13-9-20(10-14-23)32(39)19-7-11-22(12-8-19)45-47(41,42)30-6-2-4-26-25(30)15-16-28(37-35)33(26)40/h1-18H/p+2. The first-order chi connectivity index (χ1) is 22.9. The molecule has 13 nitrogen and oxygen atoms in total. The molecule has 15 heteroatoms. The van der Waals surface area contributed by atoms with Crippen molar-refractivity contribution in [3.63, 3.8) is 0 Å². The molecule has 236 valence electrons. The van der Waals surface area contributed by atoms with Gasteiger partial charge in [-0.2, -0.15) is 16.8 Å². The summed E-state index contributed by atoms with van der Waals surface area (Å²) in [4.78, 5) is 18.5. The van der Waals surface area contributed by atoms with E-state index in [9.17, 15) is 37.2 Å². The first kappa shape index (κ1) is 31.4. The Hall–Kier alpha value is -6.55. The van der Waals surface area contributed by atoms with Crippen LogP contribution in [0.25, 0.3) is 31.5 Å². The zero-order chi connectivity index (χ0) is 34.2. The monoisotopic (exact) mass is 680 g/mol. The largest absolute Gasteiger partial charge is 0.507 e. The van der Waals surface area contributed by atoms with E-state index in [1.165, 1.54) is 103 Å². The number of nitrogens with zero attached hydrogens (tertiary/aromatic N) is 4. The molecule has 0 aromatic heterocycles. The number of phenols is 2. The number of ketones is 1. The summed E-state index contributed by atoms with van der Waals surface area (Å²) in [6.45, 7) is 0. The first-order valence-electron chi connectivity index (χ1n) is 13.8. The molecule has 0 saturated carbocycles. The Morgan fingerprint density at radius 2 is 1.12 bits per heavy atom. The molecule has 0 aliphatic carbocycles. The van der Waals surface area contributed by atoms with Crippen molar-refractivity contribution in [3.8, 4) is 23.0 Å². The van der Waals surface area contributed by atoms with Crippen molar-refractivity contribution >= 4 is 58.9 Å². The van der Waals surface area contributed by atoms with Gasteiger partial charge in [-0.1, -0.05) is 24.3 Å². The van der Waals surface area contributed by atoms with E-state index in [0.717, 1.165) is 6.07 Å². The number of hydrogen-bond donors (Lipinski definition) is 2. The third kappa shape index (κ3) is 5.78. The molecule has 0 atom stereocenters. The average molecular weight is 681 g/mol. The van der Waals surface area contributed by atoms with E-state index < -0.39 is 31.8 Å². The topological polar surface area (TPSA) is 201 Å². The van der Waals surface area contributed by atoms with Crippen molar-refractivity contribution in [1.29, 1.82) is 10.8 Å². The van der Waals surface area contributed by atoms with E-state index in [-0.39, 0.29) is 71.1 Å². The lowest BCUT2D eigenvalue weighted by Gasteiger charge is -2.11. The van der Waals surface area contributed by atoms with Gasteiger partial charge < -0.3 is 18.6 Å². The summed E-state index contributed by atoms with van der Waals surface area (Å²) >= 11 is 0. The van der Waals surface area contributed by atoms with Crippen LogP contribution in [0.1, 0.15) is 15.9 Å². The summed E-state index contributed by atoms with van der Waals surface area (Å²) in [7, 11) is -8.89. The fourth-order valence-electron chi connectivity index (χ4n) is 5.02. The van der Waals surface area contributed by atoms with Crippen LogP contribution in [0, 0.1) is 10.8 Å². The van der Waals surface area contributed by atoms with Crippen molar-refractivity contribution in [1.82, 2.24) is 0 Å². The van der Waals surface area contributed by atoms with Gasteiger partial charge in [0.15, 0.2) is 15.7 Å². The zero-order valence-corrected chi connectivity index (χ0v) is 25.9. The van der Waals surface area contributed by atoms with Gasteiger partial charge in [0.05, 0.1) is 6.07 Å². The van der Waals surface area contributed by atoms with Crippen molar-refractivity contribution in [2.45, 2.75) is 9.79 Å². The van der Waals surface area contributed by atoms with E-state index in [4.69, 9.17) is 13.8 Å². The Kier molecular flexibility index (Phi) is 7.85. The summed E-state index contributed by atoms with van der Waals surface area (Å²) < 4.78 is 63.2. The highest BCUT2D eigenvalue weighted by molar-refractivity contribution is 7.87. The van der Waals surface area contributed by atoms with E-state index in [1.54, 1.807) is 0 Å². The molecular formula is C33H20N4O9S2+2. The van der Waals surface area contributed by atoms with Crippen molar-refractivity contribution < 1.29 is 40.2 Å². The average Bonchev–Trinajstić information content (AvgIpc) is 3.08. The van der Waals surface area contributed by atoms with Gasteiger partial charge in [0, 0.05) is 44.8 Å². The van der Waals surface area contributed by atoms with Crippen LogP contribution in [0.15, 0.2) is 119 Å². The summed E-state index contributed by atoms with van der Waals surface area (Å²) in [5.41, 5.74) is 0.0838. The number of aromatic hydroxyl groups is 2. The maximum atomic E-state index is 13.2. The van der Waals surface area contributed by atoms with Crippen molar-refractivity contribution in [2.24, 2.45) is 0 Å². The Morgan fingerprint density at radius 1 is 0.583 bits per heavy atom. The second-order valence-corrected chi connectivity index (χ2v) is 13.3. The lowest BCUT2D eigenvalue weighted by molar-refractivity contribution is 0.103. The molecule has 0 radical (unpaired) electrons. The van der Waals surface area contributed by atoms with E-state index in [1.807, 2.05) is 0 Å². The highest BCUT2D eigenvalue weighted by Gasteiger charge is 2.26. The predicted molar refractivity (Wildman–Crippen MR) is 173 cm³/mol. The summed E-state index contributed by atoms with van der Waals surface area (Å²) in [5.74, 6) is -1.31. The molecule has 0 aliphatic heterocycles. The van der Waals surface area contributed by atoms with E-state index in [2.05, 4.69) is 9.95 Å². The summed E-state index contributed by atoms with van der Waals surface area (Å²) in [5, 5.41) is 39.3. The Bertz CT molecular complexity index is 2600. The molecule has 0 saturated heterocycles. The number of phenolic OH excluding ortho intramolecular Hbond substituents is 2. The first-order valence-corrected chi connectivity index (χ1v) is 16.6. The van der Waals surface area contributed by atoms with Gasteiger partial charge in [-0.05, 0) is 66.7 Å². The van der Waals surface area contributed by atoms with Crippen LogP contribution in [0.5, 0.6) is 23.0 Å².